The molecule has 1 nitrogen and oxygen atoms in total. The summed E-state index contributed by atoms with van der Waals surface area (Å²) in [5.74, 6) is 0.944. The molecule has 0 amide bonds. The van der Waals surface area contributed by atoms with Gasteiger partial charge in [0.05, 0.1) is 4.34 Å². The second-order valence-electron chi connectivity index (χ2n) is 5.43. The van der Waals surface area contributed by atoms with Crippen LogP contribution in [0.15, 0.2) is 6.07 Å². The maximum Gasteiger partial charge on any atom is 0.0934 e. The Labute approximate surface area is 113 Å². The van der Waals surface area contributed by atoms with E-state index in [4.69, 9.17) is 11.6 Å². The first-order valence-electron chi connectivity index (χ1n) is 6.82. The van der Waals surface area contributed by atoms with Gasteiger partial charge >= 0.3 is 0 Å². The Bertz CT molecular complexity index is 401. The molecule has 1 saturated carbocycles. The zero-order valence-corrected chi connectivity index (χ0v) is 11.9. The fourth-order valence-corrected chi connectivity index (χ4v) is 4.48. The molecular formula is C14H20ClNS. The monoisotopic (exact) mass is 269 g/mol. The third-order valence-corrected chi connectivity index (χ3v) is 5.42. The van der Waals surface area contributed by atoms with E-state index in [0.29, 0.717) is 6.04 Å². The first kappa shape index (κ1) is 12.0. The van der Waals surface area contributed by atoms with E-state index in [2.05, 4.69) is 18.3 Å². The third kappa shape index (κ3) is 2.54. The lowest BCUT2D eigenvalue weighted by Gasteiger charge is -2.24. The van der Waals surface area contributed by atoms with Gasteiger partial charge in [-0.1, -0.05) is 24.9 Å². The smallest absolute Gasteiger partial charge is 0.0934 e. The molecule has 3 atom stereocenters. The van der Waals surface area contributed by atoms with Gasteiger partial charge in [-0.25, -0.2) is 0 Å². The number of aryl methyl sites for hydroxylation is 1. The first-order valence-corrected chi connectivity index (χ1v) is 8.01. The fraction of sp³-hybridized carbons (Fsp3) is 0.714. The predicted molar refractivity (Wildman–Crippen MR) is 74.9 cm³/mol. The highest BCUT2D eigenvalue weighted by molar-refractivity contribution is 7.16. The zero-order chi connectivity index (χ0) is 11.8. The molecule has 0 saturated heterocycles. The van der Waals surface area contributed by atoms with Crippen molar-refractivity contribution in [3.05, 3.63) is 20.8 Å². The van der Waals surface area contributed by atoms with Gasteiger partial charge in [-0.05, 0) is 49.7 Å². The average Bonchev–Trinajstić information content (AvgIpc) is 2.88. The zero-order valence-electron chi connectivity index (χ0n) is 10.3. The molecule has 1 aromatic heterocycles. The summed E-state index contributed by atoms with van der Waals surface area (Å²) in [5.41, 5.74) is 1.49. The van der Waals surface area contributed by atoms with Crippen molar-refractivity contribution < 1.29 is 0 Å². The molecule has 3 rings (SSSR count). The molecule has 1 fully saturated rings. The number of thiophene rings is 1. The van der Waals surface area contributed by atoms with Crippen LogP contribution in [0.5, 0.6) is 0 Å². The summed E-state index contributed by atoms with van der Waals surface area (Å²) in [4.78, 5) is 1.52. The topological polar surface area (TPSA) is 12.0 Å². The van der Waals surface area contributed by atoms with E-state index in [1.54, 1.807) is 11.3 Å². The highest BCUT2D eigenvalue weighted by atomic mass is 35.5. The van der Waals surface area contributed by atoms with Crippen LogP contribution in [-0.2, 0) is 6.42 Å². The van der Waals surface area contributed by atoms with Crippen LogP contribution >= 0.6 is 22.9 Å². The molecule has 1 N–H and O–H groups in total. The summed E-state index contributed by atoms with van der Waals surface area (Å²) in [5, 5.41) is 3.85. The van der Waals surface area contributed by atoms with E-state index in [0.717, 1.165) is 16.3 Å². The molecule has 17 heavy (non-hydrogen) atoms. The minimum atomic E-state index is 0.578. The molecule has 0 aliphatic heterocycles. The molecule has 0 bridgehead atoms. The second kappa shape index (κ2) is 4.91. The van der Waals surface area contributed by atoms with Gasteiger partial charge in [0, 0.05) is 17.0 Å². The lowest BCUT2D eigenvalue weighted by Crippen LogP contribution is -2.27. The summed E-state index contributed by atoms with van der Waals surface area (Å²) >= 11 is 7.92. The van der Waals surface area contributed by atoms with Crippen molar-refractivity contribution in [1.82, 2.24) is 5.32 Å². The van der Waals surface area contributed by atoms with E-state index in [-0.39, 0.29) is 0 Å². The summed E-state index contributed by atoms with van der Waals surface area (Å²) in [6.07, 6.45) is 7.93. The number of rotatable bonds is 4. The Kier molecular flexibility index (Phi) is 3.47. The minimum absolute atomic E-state index is 0.578. The van der Waals surface area contributed by atoms with Crippen LogP contribution in [0.25, 0.3) is 0 Å². The maximum absolute atomic E-state index is 6.14. The molecule has 2 aliphatic carbocycles. The van der Waals surface area contributed by atoms with E-state index in [1.807, 2.05) is 0 Å². The van der Waals surface area contributed by atoms with E-state index in [9.17, 15) is 0 Å². The molecule has 1 aromatic rings. The molecule has 0 radical (unpaired) electrons. The van der Waals surface area contributed by atoms with Crippen LogP contribution in [0.1, 0.15) is 55.5 Å². The van der Waals surface area contributed by atoms with Gasteiger partial charge in [0.15, 0.2) is 0 Å². The van der Waals surface area contributed by atoms with Crippen LogP contribution in [0, 0.1) is 5.92 Å². The summed E-state index contributed by atoms with van der Waals surface area (Å²) in [6, 6.07) is 3.55. The van der Waals surface area contributed by atoms with Gasteiger partial charge in [0.25, 0.3) is 0 Å². The normalized spacial score (nSPS) is 31.3. The van der Waals surface area contributed by atoms with Gasteiger partial charge in [-0.15, -0.1) is 11.3 Å². The molecule has 0 spiro atoms. The number of hydrogen-bond acceptors (Lipinski definition) is 2. The second-order valence-corrected chi connectivity index (χ2v) is 7.20. The van der Waals surface area contributed by atoms with Gasteiger partial charge in [0.2, 0.25) is 0 Å². The summed E-state index contributed by atoms with van der Waals surface area (Å²) < 4.78 is 0.963. The lowest BCUT2D eigenvalue weighted by molar-refractivity contribution is 0.445. The number of halogens is 1. The van der Waals surface area contributed by atoms with Crippen LogP contribution in [0.2, 0.25) is 4.34 Å². The van der Waals surface area contributed by atoms with Crippen LogP contribution < -0.4 is 5.32 Å². The van der Waals surface area contributed by atoms with E-state index in [1.165, 1.54) is 49.0 Å². The molecule has 0 aromatic carbocycles. The summed E-state index contributed by atoms with van der Waals surface area (Å²) in [6.45, 7) is 2.28. The van der Waals surface area contributed by atoms with Crippen molar-refractivity contribution in [2.45, 2.75) is 57.5 Å². The van der Waals surface area contributed by atoms with Crippen molar-refractivity contribution in [1.29, 1.82) is 0 Å². The standard InChI is InChI=1S/C14H20ClNS/c1-2-4-9-7-12(9)16-11-5-3-6-13-10(11)8-14(15)17-13/h8-9,11-12,16H,2-7H2,1H3. The predicted octanol–water partition coefficient (Wildman–Crippen LogP) is 4.56. The highest BCUT2D eigenvalue weighted by Gasteiger charge is 2.38. The van der Waals surface area contributed by atoms with Gasteiger partial charge in [-0.2, -0.15) is 0 Å². The molecule has 3 heteroatoms. The Balaban J connectivity index is 1.65. The van der Waals surface area contributed by atoms with Gasteiger partial charge < -0.3 is 5.32 Å². The van der Waals surface area contributed by atoms with Gasteiger partial charge in [0.1, 0.15) is 0 Å². The fourth-order valence-electron chi connectivity index (χ4n) is 3.09. The lowest BCUT2D eigenvalue weighted by atomic mass is 9.94. The third-order valence-electron chi connectivity index (χ3n) is 4.08. The number of nitrogens with one attached hydrogen (secondary N) is 1. The van der Waals surface area contributed by atoms with E-state index < -0.39 is 0 Å². The van der Waals surface area contributed by atoms with Crippen LogP contribution in [0.3, 0.4) is 0 Å². The van der Waals surface area contributed by atoms with Crippen molar-refractivity contribution in [2.24, 2.45) is 5.92 Å². The maximum atomic E-state index is 6.14. The Morgan fingerprint density at radius 1 is 1.53 bits per heavy atom. The Morgan fingerprint density at radius 2 is 2.41 bits per heavy atom. The van der Waals surface area contributed by atoms with Crippen molar-refractivity contribution >= 4 is 22.9 Å². The molecule has 94 valence electrons. The van der Waals surface area contributed by atoms with Crippen molar-refractivity contribution in [3.8, 4) is 0 Å². The number of hydrogen-bond donors (Lipinski definition) is 1. The molecule has 1 heterocycles. The van der Waals surface area contributed by atoms with Crippen molar-refractivity contribution in [3.63, 3.8) is 0 Å². The van der Waals surface area contributed by atoms with Gasteiger partial charge in [-0.3, -0.25) is 0 Å². The SMILES string of the molecule is CCCC1CC1NC1CCCc2sc(Cl)cc21. The largest absolute Gasteiger partial charge is 0.307 e. The summed E-state index contributed by atoms with van der Waals surface area (Å²) in [7, 11) is 0. The highest BCUT2D eigenvalue weighted by Crippen LogP contribution is 2.41. The Hall–Kier alpha value is -0.0500. The first-order chi connectivity index (χ1) is 8.28. The Morgan fingerprint density at radius 3 is 3.24 bits per heavy atom. The molecule has 3 unspecified atom stereocenters. The average molecular weight is 270 g/mol. The van der Waals surface area contributed by atoms with Crippen LogP contribution in [-0.4, -0.2) is 6.04 Å². The van der Waals surface area contributed by atoms with E-state index >= 15 is 0 Å². The minimum Gasteiger partial charge on any atom is -0.307 e. The van der Waals surface area contributed by atoms with Crippen molar-refractivity contribution in [2.75, 3.05) is 0 Å². The molecular weight excluding hydrogens is 250 g/mol. The molecule has 2 aliphatic rings. The number of fused-ring (bicyclic) bond motifs is 1. The quantitative estimate of drug-likeness (QED) is 0.845. The van der Waals surface area contributed by atoms with Crippen LogP contribution in [0.4, 0.5) is 0 Å².